The summed E-state index contributed by atoms with van der Waals surface area (Å²) in [4.78, 5) is 27.8. The highest BCUT2D eigenvalue weighted by atomic mass is 16.5. The molecule has 2 fully saturated rings. The van der Waals surface area contributed by atoms with Crippen molar-refractivity contribution in [2.24, 2.45) is 5.73 Å². The standard InChI is InChI=1S/C20H30N4O3/c1-23(20(26)22-13-17-7-8-18(27-17)19(21)25)16-9-11-24(12-10-16)14-15-5-3-2-4-6-15/h2-6,16-18H,7-14H2,1H3,(H2,21,25)(H,22,26). The van der Waals surface area contributed by atoms with E-state index in [1.165, 1.54) is 5.56 Å². The zero-order valence-electron chi connectivity index (χ0n) is 16.0. The van der Waals surface area contributed by atoms with Gasteiger partial charge in [-0.25, -0.2) is 4.79 Å². The first kappa shape index (κ1) is 19.6. The summed E-state index contributed by atoms with van der Waals surface area (Å²) in [5.41, 5.74) is 6.58. The third-order valence-electron chi connectivity index (χ3n) is 5.58. The van der Waals surface area contributed by atoms with E-state index in [-0.39, 0.29) is 18.2 Å². The molecule has 0 aliphatic carbocycles. The Morgan fingerprint density at radius 2 is 1.89 bits per heavy atom. The molecular weight excluding hydrogens is 344 g/mol. The number of primary amides is 1. The van der Waals surface area contributed by atoms with Crippen LogP contribution < -0.4 is 11.1 Å². The van der Waals surface area contributed by atoms with Gasteiger partial charge in [-0.05, 0) is 31.2 Å². The highest BCUT2D eigenvalue weighted by Gasteiger charge is 2.30. The fourth-order valence-electron chi connectivity index (χ4n) is 3.86. The van der Waals surface area contributed by atoms with Crippen molar-refractivity contribution in [1.82, 2.24) is 15.1 Å². The van der Waals surface area contributed by atoms with E-state index < -0.39 is 12.0 Å². The van der Waals surface area contributed by atoms with Crippen LogP contribution in [0.4, 0.5) is 4.79 Å². The van der Waals surface area contributed by atoms with E-state index in [4.69, 9.17) is 10.5 Å². The predicted octanol–water partition coefficient (Wildman–Crippen LogP) is 1.33. The van der Waals surface area contributed by atoms with Crippen molar-refractivity contribution < 1.29 is 14.3 Å². The van der Waals surface area contributed by atoms with E-state index in [0.717, 1.165) is 38.9 Å². The molecule has 1 aromatic carbocycles. The third kappa shape index (κ3) is 5.43. The first-order chi connectivity index (χ1) is 13.0. The number of rotatable bonds is 6. The van der Waals surface area contributed by atoms with E-state index in [2.05, 4.69) is 34.5 Å². The van der Waals surface area contributed by atoms with Crippen molar-refractivity contribution in [2.75, 3.05) is 26.7 Å². The molecular formula is C20H30N4O3. The lowest BCUT2D eigenvalue weighted by Gasteiger charge is -2.36. The Labute approximate surface area is 160 Å². The number of urea groups is 1. The third-order valence-corrected chi connectivity index (χ3v) is 5.58. The molecule has 0 bridgehead atoms. The number of carbonyl (C=O) groups excluding carboxylic acids is 2. The number of nitrogens with two attached hydrogens (primary N) is 1. The minimum absolute atomic E-state index is 0.0809. The Balaban J connectivity index is 1.38. The van der Waals surface area contributed by atoms with Crippen LogP contribution in [0.2, 0.25) is 0 Å². The number of hydrogen-bond acceptors (Lipinski definition) is 4. The molecule has 2 aliphatic heterocycles. The number of nitrogens with zero attached hydrogens (tertiary/aromatic N) is 2. The maximum Gasteiger partial charge on any atom is 0.317 e. The molecule has 0 saturated carbocycles. The molecule has 27 heavy (non-hydrogen) atoms. The van der Waals surface area contributed by atoms with Crippen LogP contribution in [-0.4, -0.2) is 66.7 Å². The molecule has 148 valence electrons. The smallest absolute Gasteiger partial charge is 0.317 e. The summed E-state index contributed by atoms with van der Waals surface area (Å²) in [5, 5.41) is 2.93. The molecule has 3 N–H and O–H groups in total. The highest BCUT2D eigenvalue weighted by Crippen LogP contribution is 2.20. The van der Waals surface area contributed by atoms with Gasteiger partial charge in [-0.2, -0.15) is 0 Å². The average Bonchev–Trinajstić information content (AvgIpc) is 3.16. The van der Waals surface area contributed by atoms with Crippen LogP contribution in [0.5, 0.6) is 0 Å². The Hall–Kier alpha value is -2.12. The van der Waals surface area contributed by atoms with Crippen molar-refractivity contribution in [3.8, 4) is 0 Å². The van der Waals surface area contributed by atoms with Crippen molar-refractivity contribution in [3.63, 3.8) is 0 Å². The zero-order valence-corrected chi connectivity index (χ0v) is 16.0. The summed E-state index contributed by atoms with van der Waals surface area (Å²) in [6, 6.07) is 10.6. The maximum atomic E-state index is 12.4. The molecule has 2 aliphatic rings. The van der Waals surface area contributed by atoms with Gasteiger partial charge in [-0.15, -0.1) is 0 Å². The average molecular weight is 374 g/mol. The molecule has 0 radical (unpaired) electrons. The summed E-state index contributed by atoms with van der Waals surface area (Å²) < 4.78 is 5.55. The van der Waals surface area contributed by atoms with Gasteiger partial charge in [0.15, 0.2) is 0 Å². The molecule has 3 rings (SSSR count). The fraction of sp³-hybridized carbons (Fsp3) is 0.600. The van der Waals surface area contributed by atoms with Gasteiger partial charge in [0.1, 0.15) is 6.10 Å². The minimum atomic E-state index is -0.515. The second-order valence-corrected chi connectivity index (χ2v) is 7.52. The topological polar surface area (TPSA) is 87.9 Å². The van der Waals surface area contributed by atoms with E-state index in [1.807, 2.05) is 13.1 Å². The van der Waals surface area contributed by atoms with E-state index >= 15 is 0 Å². The Morgan fingerprint density at radius 3 is 2.52 bits per heavy atom. The van der Waals surface area contributed by atoms with Gasteiger partial charge >= 0.3 is 6.03 Å². The zero-order chi connectivity index (χ0) is 19.2. The van der Waals surface area contributed by atoms with Gasteiger partial charge in [0.2, 0.25) is 5.91 Å². The molecule has 0 spiro atoms. The molecule has 7 heteroatoms. The van der Waals surface area contributed by atoms with E-state index in [0.29, 0.717) is 13.0 Å². The van der Waals surface area contributed by atoms with E-state index in [1.54, 1.807) is 4.90 Å². The van der Waals surface area contributed by atoms with Crippen LogP contribution in [0.15, 0.2) is 30.3 Å². The summed E-state index contributed by atoms with van der Waals surface area (Å²) in [5.74, 6) is -0.428. The Bertz CT molecular complexity index is 631. The van der Waals surface area contributed by atoms with Crippen LogP contribution >= 0.6 is 0 Å². The lowest BCUT2D eigenvalue weighted by molar-refractivity contribution is -0.128. The van der Waals surface area contributed by atoms with Crippen LogP contribution in [0.3, 0.4) is 0 Å². The number of benzene rings is 1. The van der Waals surface area contributed by atoms with Gasteiger partial charge < -0.3 is 20.7 Å². The minimum Gasteiger partial charge on any atom is -0.367 e. The predicted molar refractivity (Wildman–Crippen MR) is 103 cm³/mol. The van der Waals surface area contributed by atoms with Gasteiger partial charge in [0, 0.05) is 39.3 Å². The van der Waals surface area contributed by atoms with Crippen LogP contribution in [0.25, 0.3) is 0 Å². The first-order valence-electron chi connectivity index (χ1n) is 9.74. The molecule has 2 saturated heterocycles. The van der Waals surface area contributed by atoms with Crippen molar-refractivity contribution in [2.45, 2.75) is 50.5 Å². The number of amides is 3. The summed E-state index contributed by atoms with van der Waals surface area (Å²) in [7, 11) is 1.86. The summed E-state index contributed by atoms with van der Waals surface area (Å²) >= 11 is 0. The van der Waals surface area contributed by atoms with Crippen LogP contribution in [-0.2, 0) is 16.1 Å². The molecule has 1 aromatic rings. The van der Waals surface area contributed by atoms with E-state index in [9.17, 15) is 9.59 Å². The SMILES string of the molecule is CN(C(=O)NCC1CCC(C(N)=O)O1)C1CCN(Cc2ccccc2)CC1. The van der Waals surface area contributed by atoms with Gasteiger partial charge in [-0.3, -0.25) is 9.69 Å². The number of ether oxygens (including phenoxy) is 1. The first-order valence-corrected chi connectivity index (χ1v) is 9.74. The monoisotopic (exact) mass is 374 g/mol. The molecule has 0 aromatic heterocycles. The second kappa shape index (κ2) is 9.19. The van der Waals surface area contributed by atoms with Crippen molar-refractivity contribution >= 4 is 11.9 Å². The highest BCUT2D eigenvalue weighted by molar-refractivity contribution is 5.79. The number of carbonyl (C=O) groups is 2. The maximum absolute atomic E-state index is 12.4. The number of likely N-dealkylation sites (tertiary alicyclic amines) is 1. The lowest BCUT2D eigenvalue weighted by Crippen LogP contribution is -2.49. The lowest BCUT2D eigenvalue weighted by atomic mass is 10.0. The molecule has 3 amide bonds. The number of hydrogen-bond donors (Lipinski definition) is 2. The molecule has 2 heterocycles. The number of nitrogens with one attached hydrogen (secondary N) is 1. The van der Waals surface area contributed by atoms with Crippen LogP contribution in [0.1, 0.15) is 31.2 Å². The second-order valence-electron chi connectivity index (χ2n) is 7.52. The molecule has 2 unspecified atom stereocenters. The Morgan fingerprint density at radius 1 is 1.19 bits per heavy atom. The van der Waals surface area contributed by atoms with Crippen molar-refractivity contribution in [3.05, 3.63) is 35.9 Å². The van der Waals surface area contributed by atoms with Gasteiger partial charge in [0.05, 0.1) is 6.10 Å². The Kier molecular flexibility index (Phi) is 6.68. The quantitative estimate of drug-likeness (QED) is 0.786. The number of piperidine rings is 1. The fourth-order valence-corrected chi connectivity index (χ4v) is 3.86. The van der Waals surface area contributed by atoms with Crippen molar-refractivity contribution in [1.29, 1.82) is 0 Å². The summed E-state index contributed by atoms with van der Waals surface area (Å²) in [6.07, 6.45) is 2.67. The normalized spacial score (nSPS) is 23.9. The largest absolute Gasteiger partial charge is 0.367 e. The summed E-state index contributed by atoms with van der Waals surface area (Å²) in [6.45, 7) is 3.36. The van der Waals surface area contributed by atoms with Crippen LogP contribution in [0, 0.1) is 0 Å². The molecule has 7 nitrogen and oxygen atoms in total. The molecule has 2 atom stereocenters. The van der Waals surface area contributed by atoms with Gasteiger partial charge in [0.25, 0.3) is 0 Å². The van der Waals surface area contributed by atoms with Gasteiger partial charge in [-0.1, -0.05) is 30.3 Å².